The Morgan fingerprint density at radius 1 is 1.26 bits per heavy atom. The summed E-state index contributed by atoms with van der Waals surface area (Å²) in [7, 11) is 0. The maximum Gasteiger partial charge on any atom is 0.263 e. The molecular formula is C21H21N3O2S. The zero-order valence-corrected chi connectivity index (χ0v) is 16.4. The van der Waals surface area contributed by atoms with Crippen molar-refractivity contribution in [2.24, 2.45) is 0 Å². The summed E-state index contributed by atoms with van der Waals surface area (Å²) in [6.07, 6.45) is 2.56. The largest absolute Gasteiger partial charge is 0.487 e. The third kappa shape index (κ3) is 3.57. The van der Waals surface area contributed by atoms with Gasteiger partial charge >= 0.3 is 0 Å². The molecule has 2 aromatic heterocycles. The van der Waals surface area contributed by atoms with Crippen LogP contribution in [0.1, 0.15) is 31.5 Å². The molecule has 0 saturated heterocycles. The number of thiazole rings is 1. The second kappa shape index (κ2) is 7.12. The fourth-order valence-corrected chi connectivity index (χ4v) is 4.15. The average molecular weight is 379 g/mol. The summed E-state index contributed by atoms with van der Waals surface area (Å²) in [4.78, 5) is 21.9. The zero-order chi connectivity index (χ0) is 19.0. The molecule has 27 heavy (non-hydrogen) atoms. The molecule has 1 aliphatic heterocycles. The molecule has 1 atom stereocenters. The number of hydrogen-bond acceptors (Lipinski definition) is 5. The van der Waals surface area contributed by atoms with Crippen LogP contribution in [0.2, 0.25) is 0 Å². The van der Waals surface area contributed by atoms with Crippen LogP contribution >= 0.6 is 11.3 Å². The SMILES string of the molecule is Cc1ccc(-c2cccc3c2O[C@@H](CNC(=O)c2sc(C)nc2C)C3)nc1. The molecule has 5 nitrogen and oxygen atoms in total. The van der Waals surface area contributed by atoms with Gasteiger partial charge in [0.25, 0.3) is 5.91 Å². The molecule has 0 unspecified atom stereocenters. The molecule has 0 radical (unpaired) electrons. The normalized spacial score (nSPS) is 15.3. The first-order chi connectivity index (χ1) is 13.0. The van der Waals surface area contributed by atoms with Gasteiger partial charge in [0.15, 0.2) is 0 Å². The third-order valence-corrected chi connectivity index (χ3v) is 5.69. The number of benzene rings is 1. The summed E-state index contributed by atoms with van der Waals surface area (Å²) in [6, 6.07) is 10.2. The van der Waals surface area contributed by atoms with Crippen molar-refractivity contribution in [1.82, 2.24) is 15.3 Å². The van der Waals surface area contributed by atoms with E-state index in [9.17, 15) is 4.79 Å². The summed E-state index contributed by atoms with van der Waals surface area (Å²) >= 11 is 1.42. The molecule has 6 heteroatoms. The van der Waals surface area contributed by atoms with Crippen LogP contribution in [-0.4, -0.2) is 28.5 Å². The van der Waals surface area contributed by atoms with E-state index in [1.54, 1.807) is 0 Å². The maximum atomic E-state index is 12.4. The molecule has 138 valence electrons. The molecular weight excluding hydrogens is 358 g/mol. The molecule has 1 amide bonds. The van der Waals surface area contributed by atoms with Gasteiger partial charge in [-0.3, -0.25) is 9.78 Å². The maximum absolute atomic E-state index is 12.4. The molecule has 0 spiro atoms. The predicted molar refractivity (Wildman–Crippen MR) is 106 cm³/mol. The van der Waals surface area contributed by atoms with Crippen molar-refractivity contribution in [3.8, 4) is 17.0 Å². The summed E-state index contributed by atoms with van der Waals surface area (Å²) in [5.74, 6) is 0.788. The predicted octanol–water partition coefficient (Wildman–Crippen LogP) is 3.86. The van der Waals surface area contributed by atoms with Crippen LogP contribution in [0.25, 0.3) is 11.3 Å². The number of fused-ring (bicyclic) bond motifs is 1. The van der Waals surface area contributed by atoms with Crippen LogP contribution in [0.15, 0.2) is 36.5 Å². The van der Waals surface area contributed by atoms with E-state index in [1.807, 2.05) is 51.2 Å². The summed E-state index contributed by atoms with van der Waals surface area (Å²) < 4.78 is 6.18. The second-order valence-corrected chi connectivity index (χ2v) is 8.02. The van der Waals surface area contributed by atoms with Crippen molar-refractivity contribution in [2.45, 2.75) is 33.3 Å². The Morgan fingerprint density at radius 2 is 2.11 bits per heavy atom. The van der Waals surface area contributed by atoms with Crippen LogP contribution < -0.4 is 10.1 Å². The lowest BCUT2D eigenvalue weighted by molar-refractivity contribution is 0.0937. The zero-order valence-electron chi connectivity index (χ0n) is 15.6. The van der Waals surface area contributed by atoms with Crippen molar-refractivity contribution in [3.63, 3.8) is 0 Å². The lowest BCUT2D eigenvalue weighted by Gasteiger charge is -2.13. The lowest BCUT2D eigenvalue weighted by atomic mass is 10.0. The van der Waals surface area contributed by atoms with E-state index in [1.165, 1.54) is 11.3 Å². The molecule has 3 aromatic rings. The number of rotatable bonds is 4. The van der Waals surface area contributed by atoms with Gasteiger partial charge < -0.3 is 10.1 Å². The minimum Gasteiger partial charge on any atom is -0.487 e. The molecule has 3 heterocycles. The molecule has 4 rings (SSSR count). The number of nitrogens with zero attached hydrogens (tertiary/aromatic N) is 2. The number of hydrogen-bond donors (Lipinski definition) is 1. The molecule has 0 fully saturated rings. The Labute approximate surface area is 162 Å². The van der Waals surface area contributed by atoms with Crippen LogP contribution in [0.4, 0.5) is 0 Å². The lowest BCUT2D eigenvalue weighted by Crippen LogP contribution is -2.34. The van der Waals surface area contributed by atoms with E-state index in [0.29, 0.717) is 11.4 Å². The minimum absolute atomic E-state index is 0.0788. The fraction of sp³-hybridized carbons (Fsp3) is 0.286. The Balaban J connectivity index is 1.47. The fourth-order valence-electron chi connectivity index (χ4n) is 3.31. The van der Waals surface area contributed by atoms with E-state index in [-0.39, 0.29) is 12.0 Å². The van der Waals surface area contributed by atoms with Crippen molar-refractivity contribution < 1.29 is 9.53 Å². The van der Waals surface area contributed by atoms with Gasteiger partial charge in [-0.25, -0.2) is 4.98 Å². The van der Waals surface area contributed by atoms with Gasteiger partial charge in [0.1, 0.15) is 16.7 Å². The van der Waals surface area contributed by atoms with Gasteiger partial charge in [-0.15, -0.1) is 11.3 Å². The highest BCUT2D eigenvalue weighted by Crippen LogP contribution is 2.37. The Morgan fingerprint density at radius 3 is 2.81 bits per heavy atom. The Kier molecular flexibility index (Phi) is 4.66. The summed E-state index contributed by atoms with van der Waals surface area (Å²) in [5, 5.41) is 3.89. The standard InChI is InChI=1S/C21H21N3O2S/c1-12-7-8-18(22-10-12)17-6-4-5-15-9-16(26-19(15)17)11-23-21(25)20-13(2)24-14(3)27-20/h4-8,10,16H,9,11H2,1-3H3,(H,23,25)/t16-/m1/s1. The van der Waals surface area contributed by atoms with Gasteiger partial charge in [0.05, 0.1) is 22.9 Å². The smallest absolute Gasteiger partial charge is 0.263 e. The molecule has 1 aromatic carbocycles. The monoisotopic (exact) mass is 379 g/mol. The number of carbonyl (C=O) groups is 1. The van der Waals surface area contributed by atoms with Crippen molar-refractivity contribution in [1.29, 1.82) is 0 Å². The topological polar surface area (TPSA) is 64.1 Å². The molecule has 0 aliphatic carbocycles. The molecule has 0 saturated carbocycles. The van der Waals surface area contributed by atoms with Crippen LogP contribution in [-0.2, 0) is 6.42 Å². The Hall–Kier alpha value is -2.73. The van der Waals surface area contributed by atoms with Gasteiger partial charge in [-0.1, -0.05) is 18.2 Å². The van der Waals surface area contributed by atoms with Crippen molar-refractivity contribution >= 4 is 17.2 Å². The van der Waals surface area contributed by atoms with E-state index in [2.05, 4.69) is 21.4 Å². The van der Waals surface area contributed by atoms with E-state index in [4.69, 9.17) is 4.74 Å². The highest BCUT2D eigenvalue weighted by Gasteiger charge is 2.27. The number of amides is 1. The number of carbonyl (C=O) groups excluding carboxylic acids is 1. The molecule has 1 N–H and O–H groups in total. The number of pyridine rings is 1. The number of aromatic nitrogens is 2. The van der Waals surface area contributed by atoms with Crippen LogP contribution in [0.3, 0.4) is 0 Å². The number of para-hydroxylation sites is 1. The van der Waals surface area contributed by atoms with Gasteiger partial charge in [-0.05, 0) is 44.0 Å². The number of nitrogens with one attached hydrogen (secondary N) is 1. The summed E-state index contributed by atoms with van der Waals surface area (Å²) in [5.41, 5.74) is 4.95. The van der Waals surface area contributed by atoms with Gasteiger partial charge in [0, 0.05) is 18.2 Å². The van der Waals surface area contributed by atoms with Crippen molar-refractivity contribution in [2.75, 3.05) is 6.54 Å². The van der Waals surface area contributed by atoms with Crippen LogP contribution in [0.5, 0.6) is 5.75 Å². The third-order valence-electron chi connectivity index (χ3n) is 4.62. The number of ether oxygens (including phenoxy) is 1. The molecule has 0 bridgehead atoms. The second-order valence-electron chi connectivity index (χ2n) is 6.82. The average Bonchev–Trinajstić information content (AvgIpc) is 3.22. The first-order valence-corrected chi connectivity index (χ1v) is 9.76. The van der Waals surface area contributed by atoms with E-state index < -0.39 is 0 Å². The van der Waals surface area contributed by atoms with Crippen LogP contribution in [0, 0.1) is 20.8 Å². The highest BCUT2D eigenvalue weighted by atomic mass is 32.1. The number of aryl methyl sites for hydroxylation is 3. The summed E-state index contributed by atoms with van der Waals surface area (Å²) in [6.45, 7) is 6.26. The quantitative estimate of drug-likeness (QED) is 0.748. The van der Waals surface area contributed by atoms with Gasteiger partial charge in [-0.2, -0.15) is 0 Å². The van der Waals surface area contributed by atoms with Crippen molar-refractivity contribution in [3.05, 3.63) is 63.2 Å². The Bertz CT molecular complexity index is 995. The first kappa shape index (κ1) is 17.7. The highest BCUT2D eigenvalue weighted by molar-refractivity contribution is 7.13. The minimum atomic E-state index is -0.0851. The van der Waals surface area contributed by atoms with E-state index in [0.717, 1.165) is 45.3 Å². The molecule has 1 aliphatic rings. The van der Waals surface area contributed by atoms with Gasteiger partial charge in [0.2, 0.25) is 0 Å². The first-order valence-electron chi connectivity index (χ1n) is 8.95. The van der Waals surface area contributed by atoms with E-state index >= 15 is 0 Å².